The fourth-order valence-corrected chi connectivity index (χ4v) is 5.47. The second-order valence-corrected chi connectivity index (χ2v) is 10.6. The van der Waals surface area contributed by atoms with E-state index in [2.05, 4.69) is 26.7 Å². The summed E-state index contributed by atoms with van der Waals surface area (Å²) in [5, 5.41) is 7.62. The topological polar surface area (TPSA) is 115 Å². The molecule has 0 bridgehead atoms. The van der Waals surface area contributed by atoms with E-state index < -0.39 is 12.1 Å². The molecule has 0 unspecified atom stereocenters. The largest absolute Gasteiger partial charge is 0.462 e. The van der Waals surface area contributed by atoms with Gasteiger partial charge in [0, 0.05) is 35.4 Å². The highest BCUT2D eigenvalue weighted by Gasteiger charge is 2.26. The van der Waals surface area contributed by atoms with E-state index >= 15 is 0 Å². The van der Waals surface area contributed by atoms with E-state index in [1.165, 1.54) is 0 Å². The number of hydrogen-bond donors (Lipinski definition) is 2. The van der Waals surface area contributed by atoms with Crippen LogP contribution in [0.5, 0.6) is 0 Å². The minimum Gasteiger partial charge on any atom is -0.462 e. The number of amides is 1. The number of para-hydroxylation sites is 1. The van der Waals surface area contributed by atoms with E-state index in [4.69, 9.17) is 14.5 Å². The van der Waals surface area contributed by atoms with Crippen LogP contribution in [0.3, 0.4) is 0 Å². The molecule has 3 aromatic heterocycles. The molecule has 0 spiro atoms. The van der Waals surface area contributed by atoms with Crippen molar-refractivity contribution < 1.29 is 19.1 Å². The van der Waals surface area contributed by atoms with Gasteiger partial charge in [-0.15, -0.1) is 0 Å². The highest BCUT2D eigenvalue weighted by Crippen LogP contribution is 2.32. The van der Waals surface area contributed by atoms with Gasteiger partial charge in [0.2, 0.25) is 0 Å². The minimum atomic E-state index is -0.449. The van der Waals surface area contributed by atoms with Crippen molar-refractivity contribution >= 4 is 39.7 Å². The predicted molar refractivity (Wildman–Crippen MR) is 166 cm³/mol. The van der Waals surface area contributed by atoms with Crippen LogP contribution >= 0.6 is 0 Å². The van der Waals surface area contributed by atoms with Crippen LogP contribution in [0.2, 0.25) is 0 Å². The lowest BCUT2D eigenvalue weighted by molar-refractivity contribution is 0.0527. The van der Waals surface area contributed by atoms with Gasteiger partial charge < -0.3 is 20.1 Å². The van der Waals surface area contributed by atoms with Crippen molar-refractivity contribution in [2.24, 2.45) is 0 Å². The molecule has 9 heteroatoms. The molecule has 0 saturated heterocycles. The average molecular weight is 576 g/mol. The number of alkyl carbamates (subject to hydrolysis) is 1. The molecule has 1 fully saturated rings. The van der Waals surface area contributed by atoms with E-state index in [1.54, 1.807) is 13.1 Å². The molecule has 43 heavy (non-hydrogen) atoms. The van der Waals surface area contributed by atoms with Crippen LogP contribution in [0, 0.1) is 0 Å². The van der Waals surface area contributed by atoms with Gasteiger partial charge in [0.1, 0.15) is 17.7 Å². The third-order valence-electron chi connectivity index (χ3n) is 7.70. The molecule has 3 heterocycles. The molecule has 1 aliphatic carbocycles. The molecule has 0 aliphatic heterocycles. The van der Waals surface area contributed by atoms with Gasteiger partial charge in [-0.3, -0.25) is 9.97 Å². The number of fused-ring (bicyclic) bond motifs is 2. The summed E-state index contributed by atoms with van der Waals surface area (Å²) in [7, 11) is 0. The summed E-state index contributed by atoms with van der Waals surface area (Å²) in [5.74, 6) is -0.449. The maximum atomic E-state index is 13.0. The van der Waals surface area contributed by atoms with Crippen molar-refractivity contribution in [2.75, 3.05) is 11.9 Å². The Kier molecular flexibility index (Phi) is 8.40. The summed E-state index contributed by atoms with van der Waals surface area (Å²) in [4.78, 5) is 39.5. The van der Waals surface area contributed by atoms with Gasteiger partial charge in [-0.05, 0) is 62.4 Å². The van der Waals surface area contributed by atoms with Crippen LogP contribution in [0.25, 0.3) is 33.2 Å². The van der Waals surface area contributed by atoms with E-state index in [0.717, 1.165) is 53.4 Å². The van der Waals surface area contributed by atoms with Gasteiger partial charge in [-0.1, -0.05) is 48.5 Å². The van der Waals surface area contributed by atoms with E-state index in [1.807, 2.05) is 72.9 Å². The molecule has 218 valence electrons. The first-order chi connectivity index (χ1) is 21.1. The molecule has 6 rings (SSSR count). The standard InChI is InChI=1S/C34H33N5O4/c1-2-42-33(40)27-20-36-30-17-16-29(24-18-23-10-6-7-11-28(23)35-19-24)39-32(30)31(27)37-25-12-14-26(15-13-25)38-34(41)43-21-22-8-4-3-5-9-22/h3-11,16-20,25-26H,2,12-15,21H2,1H3,(H,36,37)(H,38,41). The van der Waals surface area contributed by atoms with E-state index in [-0.39, 0.29) is 25.3 Å². The molecule has 1 saturated carbocycles. The number of carbonyl (C=O) groups is 2. The maximum absolute atomic E-state index is 13.0. The molecule has 2 N–H and O–H groups in total. The molecular formula is C34H33N5O4. The monoisotopic (exact) mass is 575 g/mol. The van der Waals surface area contributed by atoms with Gasteiger partial charge in [0.25, 0.3) is 0 Å². The number of hydrogen-bond acceptors (Lipinski definition) is 8. The van der Waals surface area contributed by atoms with Crippen LogP contribution in [0.4, 0.5) is 10.5 Å². The van der Waals surface area contributed by atoms with Gasteiger partial charge in [0.05, 0.1) is 29.0 Å². The highest BCUT2D eigenvalue weighted by molar-refractivity contribution is 6.04. The molecule has 1 aliphatic rings. The number of anilines is 1. The van der Waals surface area contributed by atoms with Crippen molar-refractivity contribution in [3.63, 3.8) is 0 Å². The Labute approximate surface area is 249 Å². The Morgan fingerprint density at radius 2 is 1.58 bits per heavy atom. The highest BCUT2D eigenvalue weighted by atomic mass is 16.5. The predicted octanol–water partition coefficient (Wildman–Crippen LogP) is 6.67. The lowest BCUT2D eigenvalue weighted by Crippen LogP contribution is -2.40. The minimum absolute atomic E-state index is 0.0187. The Balaban J connectivity index is 1.20. The fourth-order valence-electron chi connectivity index (χ4n) is 5.47. The normalized spacial score (nSPS) is 16.5. The summed E-state index contributed by atoms with van der Waals surface area (Å²) in [5.41, 5.74) is 5.69. The summed E-state index contributed by atoms with van der Waals surface area (Å²) < 4.78 is 10.8. The number of rotatable bonds is 8. The van der Waals surface area contributed by atoms with Crippen LogP contribution in [-0.4, -0.2) is 45.7 Å². The zero-order valence-electron chi connectivity index (χ0n) is 24.0. The summed E-state index contributed by atoms with van der Waals surface area (Å²) in [6.45, 7) is 2.27. The smallest absolute Gasteiger partial charge is 0.407 e. The molecular weight excluding hydrogens is 542 g/mol. The number of pyridine rings is 3. The Morgan fingerprint density at radius 3 is 2.40 bits per heavy atom. The van der Waals surface area contributed by atoms with Crippen molar-refractivity contribution in [3.05, 3.63) is 96.3 Å². The van der Waals surface area contributed by atoms with Gasteiger partial charge in [-0.25, -0.2) is 14.6 Å². The second-order valence-electron chi connectivity index (χ2n) is 10.6. The SMILES string of the molecule is CCOC(=O)c1cnc2ccc(-c3cnc4ccccc4c3)nc2c1NC1CCC(NC(=O)OCc2ccccc2)CC1. The lowest BCUT2D eigenvalue weighted by atomic mass is 9.91. The van der Waals surface area contributed by atoms with Crippen molar-refractivity contribution in [3.8, 4) is 11.3 Å². The van der Waals surface area contributed by atoms with Crippen LogP contribution in [0.1, 0.15) is 48.5 Å². The van der Waals surface area contributed by atoms with Crippen LogP contribution in [-0.2, 0) is 16.1 Å². The van der Waals surface area contributed by atoms with Crippen molar-refractivity contribution in [1.29, 1.82) is 0 Å². The Hall–Kier alpha value is -5.05. The van der Waals surface area contributed by atoms with Crippen LogP contribution < -0.4 is 10.6 Å². The third kappa shape index (κ3) is 6.56. The first-order valence-electron chi connectivity index (χ1n) is 14.6. The first-order valence-corrected chi connectivity index (χ1v) is 14.6. The summed E-state index contributed by atoms with van der Waals surface area (Å²) in [6.07, 6.45) is 6.09. The van der Waals surface area contributed by atoms with Crippen LogP contribution in [0.15, 0.2) is 85.2 Å². The summed E-state index contributed by atoms with van der Waals surface area (Å²) in [6, 6.07) is 23.5. The Bertz CT molecular complexity index is 1750. The molecule has 1 amide bonds. The first kappa shape index (κ1) is 28.1. The number of nitrogens with zero attached hydrogens (tertiary/aromatic N) is 3. The molecule has 2 aromatic carbocycles. The molecule has 5 aromatic rings. The fraction of sp³-hybridized carbons (Fsp3) is 0.265. The zero-order valence-corrected chi connectivity index (χ0v) is 24.0. The van der Waals surface area contributed by atoms with E-state index in [9.17, 15) is 9.59 Å². The number of carbonyl (C=O) groups excluding carboxylic acids is 2. The third-order valence-corrected chi connectivity index (χ3v) is 7.70. The van der Waals surface area contributed by atoms with Crippen molar-refractivity contribution in [2.45, 2.75) is 51.3 Å². The quantitative estimate of drug-likeness (QED) is 0.197. The maximum Gasteiger partial charge on any atom is 0.407 e. The second kappa shape index (κ2) is 12.9. The zero-order chi connectivity index (χ0) is 29.6. The van der Waals surface area contributed by atoms with Crippen molar-refractivity contribution in [1.82, 2.24) is 20.3 Å². The number of ether oxygens (including phenoxy) is 2. The number of aromatic nitrogens is 3. The number of nitrogens with one attached hydrogen (secondary N) is 2. The van der Waals surface area contributed by atoms with Gasteiger partial charge in [-0.2, -0.15) is 0 Å². The summed E-state index contributed by atoms with van der Waals surface area (Å²) >= 11 is 0. The number of esters is 1. The average Bonchev–Trinajstić information content (AvgIpc) is 3.05. The number of benzene rings is 2. The Morgan fingerprint density at radius 1 is 0.837 bits per heavy atom. The van der Waals surface area contributed by atoms with Gasteiger partial charge >= 0.3 is 12.1 Å². The van der Waals surface area contributed by atoms with Gasteiger partial charge in [0.15, 0.2) is 0 Å². The lowest BCUT2D eigenvalue weighted by Gasteiger charge is -2.30. The van der Waals surface area contributed by atoms with E-state index in [0.29, 0.717) is 22.3 Å². The molecule has 0 atom stereocenters. The molecule has 0 radical (unpaired) electrons. The molecule has 9 nitrogen and oxygen atoms in total.